The van der Waals surface area contributed by atoms with Crippen molar-refractivity contribution in [2.75, 3.05) is 19.6 Å². The maximum atomic E-state index is 10.1. The molecule has 0 radical (unpaired) electrons. The third-order valence-corrected chi connectivity index (χ3v) is 3.83. The average Bonchev–Trinajstić information content (AvgIpc) is 2.20. The third kappa shape index (κ3) is 4.42. The Morgan fingerprint density at radius 3 is 2.25 bits per heavy atom. The standard InChI is InChI=1S/C14H29NO/c1-5-6-12-7-9-15(10-8-12)11-13(16)14(2,3)4/h12-13,16H,5-11H2,1-4H3. The van der Waals surface area contributed by atoms with Gasteiger partial charge >= 0.3 is 0 Å². The van der Waals surface area contributed by atoms with E-state index >= 15 is 0 Å². The van der Waals surface area contributed by atoms with Crippen molar-refractivity contribution < 1.29 is 5.11 Å². The van der Waals surface area contributed by atoms with E-state index < -0.39 is 0 Å². The quantitative estimate of drug-likeness (QED) is 0.798. The van der Waals surface area contributed by atoms with Crippen LogP contribution in [-0.2, 0) is 0 Å². The number of piperidine rings is 1. The van der Waals surface area contributed by atoms with Gasteiger partial charge in [-0.1, -0.05) is 40.5 Å². The van der Waals surface area contributed by atoms with Crippen LogP contribution >= 0.6 is 0 Å². The van der Waals surface area contributed by atoms with Gasteiger partial charge in [0, 0.05) is 6.54 Å². The lowest BCUT2D eigenvalue weighted by Crippen LogP contribution is -2.43. The van der Waals surface area contributed by atoms with Crippen LogP contribution in [0, 0.1) is 11.3 Å². The molecule has 1 saturated heterocycles. The highest BCUT2D eigenvalue weighted by Gasteiger charge is 2.26. The van der Waals surface area contributed by atoms with Crippen molar-refractivity contribution in [1.82, 2.24) is 4.90 Å². The van der Waals surface area contributed by atoms with Crippen LogP contribution in [-0.4, -0.2) is 35.7 Å². The first-order chi connectivity index (χ1) is 7.43. The molecule has 1 heterocycles. The van der Waals surface area contributed by atoms with Gasteiger partial charge in [0.1, 0.15) is 0 Å². The molecule has 0 aromatic carbocycles. The van der Waals surface area contributed by atoms with Crippen molar-refractivity contribution in [2.45, 2.75) is 59.5 Å². The second-order valence-corrected chi connectivity index (χ2v) is 6.41. The van der Waals surface area contributed by atoms with Gasteiger partial charge in [0.15, 0.2) is 0 Å². The molecular weight excluding hydrogens is 198 g/mol. The van der Waals surface area contributed by atoms with Gasteiger partial charge in [0.25, 0.3) is 0 Å². The van der Waals surface area contributed by atoms with E-state index in [1.165, 1.54) is 38.8 Å². The molecule has 2 nitrogen and oxygen atoms in total. The van der Waals surface area contributed by atoms with Crippen molar-refractivity contribution in [2.24, 2.45) is 11.3 Å². The molecule has 1 N–H and O–H groups in total. The fourth-order valence-corrected chi connectivity index (χ4v) is 2.38. The highest BCUT2D eigenvalue weighted by atomic mass is 16.3. The molecule has 0 amide bonds. The fourth-order valence-electron chi connectivity index (χ4n) is 2.38. The molecule has 0 aromatic rings. The highest BCUT2D eigenvalue weighted by Crippen LogP contribution is 2.24. The summed E-state index contributed by atoms with van der Waals surface area (Å²) < 4.78 is 0. The van der Waals surface area contributed by atoms with Crippen LogP contribution in [0.1, 0.15) is 53.4 Å². The number of aliphatic hydroxyl groups is 1. The number of β-amino-alcohol motifs (C(OH)–C–C–N with tert-alkyl or cyclic N) is 1. The normalized spacial score (nSPS) is 22.3. The zero-order valence-corrected chi connectivity index (χ0v) is 11.5. The van der Waals surface area contributed by atoms with E-state index in [9.17, 15) is 5.11 Å². The topological polar surface area (TPSA) is 23.5 Å². The van der Waals surface area contributed by atoms with E-state index in [0.717, 1.165) is 12.5 Å². The molecule has 1 aliphatic heterocycles. The maximum Gasteiger partial charge on any atom is 0.0715 e. The van der Waals surface area contributed by atoms with Crippen LogP contribution in [0.4, 0.5) is 0 Å². The molecule has 0 spiro atoms. The lowest BCUT2D eigenvalue weighted by atomic mass is 9.87. The first-order valence-electron chi connectivity index (χ1n) is 6.84. The van der Waals surface area contributed by atoms with Gasteiger partial charge in [-0.2, -0.15) is 0 Å². The summed E-state index contributed by atoms with van der Waals surface area (Å²) in [5.74, 6) is 0.938. The number of hydrogen-bond acceptors (Lipinski definition) is 2. The summed E-state index contributed by atoms with van der Waals surface area (Å²) in [5, 5.41) is 10.1. The van der Waals surface area contributed by atoms with Crippen LogP contribution < -0.4 is 0 Å². The minimum absolute atomic E-state index is 0.0142. The van der Waals surface area contributed by atoms with Crippen molar-refractivity contribution in [3.8, 4) is 0 Å². The smallest absolute Gasteiger partial charge is 0.0715 e. The Kier molecular flexibility index (Phi) is 5.26. The summed E-state index contributed by atoms with van der Waals surface area (Å²) in [6.45, 7) is 11.8. The first kappa shape index (κ1) is 14.0. The van der Waals surface area contributed by atoms with Gasteiger partial charge in [-0.15, -0.1) is 0 Å². The molecule has 1 atom stereocenters. The molecule has 0 bridgehead atoms. The van der Waals surface area contributed by atoms with Crippen LogP contribution in [0.2, 0.25) is 0 Å². The molecule has 1 aliphatic rings. The summed E-state index contributed by atoms with van der Waals surface area (Å²) in [6, 6.07) is 0. The second kappa shape index (κ2) is 6.02. The summed E-state index contributed by atoms with van der Waals surface area (Å²) in [4.78, 5) is 2.43. The Morgan fingerprint density at radius 2 is 1.81 bits per heavy atom. The number of aliphatic hydroxyl groups excluding tert-OH is 1. The van der Waals surface area contributed by atoms with Crippen molar-refractivity contribution in [3.63, 3.8) is 0 Å². The van der Waals surface area contributed by atoms with Gasteiger partial charge in [-0.05, 0) is 37.3 Å². The van der Waals surface area contributed by atoms with Crippen LogP contribution in [0.25, 0.3) is 0 Å². The van der Waals surface area contributed by atoms with Gasteiger partial charge in [-0.25, -0.2) is 0 Å². The van der Waals surface area contributed by atoms with Gasteiger partial charge in [0.05, 0.1) is 6.10 Å². The predicted molar refractivity (Wildman–Crippen MR) is 69.5 cm³/mol. The molecule has 1 rings (SSSR count). The zero-order chi connectivity index (χ0) is 12.2. The summed E-state index contributed by atoms with van der Waals surface area (Å²) in [6.07, 6.45) is 5.15. The van der Waals surface area contributed by atoms with Crippen LogP contribution in [0.5, 0.6) is 0 Å². The van der Waals surface area contributed by atoms with E-state index in [-0.39, 0.29) is 11.5 Å². The highest BCUT2D eigenvalue weighted by molar-refractivity contribution is 4.79. The van der Waals surface area contributed by atoms with E-state index in [0.29, 0.717) is 0 Å². The average molecular weight is 227 g/mol. The number of hydrogen-bond donors (Lipinski definition) is 1. The Labute approximate surface area is 101 Å². The zero-order valence-electron chi connectivity index (χ0n) is 11.5. The molecule has 0 saturated carbocycles. The Hall–Kier alpha value is -0.0800. The number of nitrogens with zero attached hydrogens (tertiary/aromatic N) is 1. The number of likely N-dealkylation sites (tertiary alicyclic amines) is 1. The molecule has 2 heteroatoms. The monoisotopic (exact) mass is 227 g/mol. The van der Waals surface area contributed by atoms with Gasteiger partial charge in [-0.3, -0.25) is 0 Å². The minimum atomic E-state index is -0.199. The molecule has 0 aliphatic carbocycles. The van der Waals surface area contributed by atoms with Gasteiger partial charge < -0.3 is 10.0 Å². The van der Waals surface area contributed by atoms with Crippen LogP contribution in [0.3, 0.4) is 0 Å². The first-order valence-corrected chi connectivity index (χ1v) is 6.84. The molecule has 16 heavy (non-hydrogen) atoms. The fraction of sp³-hybridized carbons (Fsp3) is 1.00. The van der Waals surface area contributed by atoms with Crippen LogP contribution in [0.15, 0.2) is 0 Å². The Balaban J connectivity index is 2.27. The third-order valence-electron chi connectivity index (χ3n) is 3.83. The summed E-state index contributed by atoms with van der Waals surface area (Å²) in [7, 11) is 0. The molecule has 1 fully saturated rings. The summed E-state index contributed by atoms with van der Waals surface area (Å²) >= 11 is 0. The SMILES string of the molecule is CCCC1CCN(CC(O)C(C)(C)C)CC1. The van der Waals surface area contributed by atoms with Crippen molar-refractivity contribution in [1.29, 1.82) is 0 Å². The largest absolute Gasteiger partial charge is 0.391 e. The predicted octanol–water partition coefficient (Wildman–Crippen LogP) is 2.91. The van der Waals surface area contributed by atoms with Gasteiger partial charge in [0.2, 0.25) is 0 Å². The lowest BCUT2D eigenvalue weighted by molar-refractivity contribution is 0.0185. The van der Waals surface area contributed by atoms with E-state index in [4.69, 9.17) is 0 Å². The summed E-state index contributed by atoms with van der Waals surface area (Å²) in [5.41, 5.74) is 0.0142. The van der Waals surface area contributed by atoms with Crippen molar-refractivity contribution >= 4 is 0 Å². The van der Waals surface area contributed by atoms with E-state index in [1.807, 2.05) is 0 Å². The Bertz CT molecular complexity index is 189. The van der Waals surface area contributed by atoms with E-state index in [2.05, 4.69) is 32.6 Å². The molecule has 96 valence electrons. The Morgan fingerprint density at radius 1 is 1.25 bits per heavy atom. The number of rotatable bonds is 4. The molecule has 0 aromatic heterocycles. The maximum absolute atomic E-state index is 10.1. The van der Waals surface area contributed by atoms with Crippen molar-refractivity contribution in [3.05, 3.63) is 0 Å². The second-order valence-electron chi connectivity index (χ2n) is 6.41. The minimum Gasteiger partial charge on any atom is -0.391 e. The molecule has 1 unspecified atom stereocenters. The molecular formula is C14H29NO. The van der Waals surface area contributed by atoms with E-state index in [1.54, 1.807) is 0 Å². The lowest BCUT2D eigenvalue weighted by Gasteiger charge is -2.36.